The second-order valence-electron chi connectivity index (χ2n) is 8.48. The minimum atomic E-state index is 0.602. The zero-order chi connectivity index (χ0) is 19.9. The van der Waals surface area contributed by atoms with Crippen LogP contribution in [0, 0.1) is 5.92 Å². The van der Waals surface area contributed by atoms with Gasteiger partial charge in [-0.2, -0.15) is 0 Å². The smallest absolute Gasteiger partial charge is 0.241 e. The molecule has 0 spiro atoms. The number of nitrogens with zero attached hydrogens (tertiary/aromatic N) is 1. The molecule has 0 saturated heterocycles. The first-order chi connectivity index (χ1) is 13.8. The lowest BCUT2D eigenvalue weighted by molar-refractivity contribution is -0.730. The Labute approximate surface area is 173 Å². The molecule has 0 aliphatic carbocycles. The molecule has 156 valence electrons. The maximum absolute atomic E-state index is 3.26. The highest BCUT2D eigenvalue weighted by molar-refractivity contribution is 5.15. The van der Waals surface area contributed by atoms with Crippen molar-refractivity contribution >= 4 is 0 Å². The van der Waals surface area contributed by atoms with Crippen LogP contribution in [0.1, 0.15) is 103 Å². The molecule has 0 radical (unpaired) electrons. The van der Waals surface area contributed by atoms with Crippen LogP contribution in [-0.2, 0) is 6.42 Å². The summed E-state index contributed by atoms with van der Waals surface area (Å²) in [7, 11) is 0. The van der Waals surface area contributed by atoms with E-state index in [-0.39, 0.29) is 0 Å². The second kappa shape index (κ2) is 14.4. The largest absolute Gasteiger partial charge is 0.250 e. The summed E-state index contributed by atoms with van der Waals surface area (Å²) in [6.45, 7) is 4.61. The van der Waals surface area contributed by atoms with Gasteiger partial charge in [0.25, 0.3) is 0 Å². The Hall–Kier alpha value is -1.57. The number of aromatic amines is 1. The van der Waals surface area contributed by atoms with Crippen LogP contribution < -0.4 is 4.57 Å². The Morgan fingerprint density at radius 2 is 1.46 bits per heavy atom. The van der Waals surface area contributed by atoms with Gasteiger partial charge in [0.15, 0.2) is 0 Å². The van der Waals surface area contributed by atoms with E-state index < -0.39 is 0 Å². The fourth-order valence-electron chi connectivity index (χ4n) is 4.50. The Balaban J connectivity index is 1.84. The molecule has 2 heteroatoms. The van der Waals surface area contributed by atoms with Crippen molar-refractivity contribution in [3.05, 3.63) is 54.6 Å². The predicted octanol–water partition coefficient (Wildman–Crippen LogP) is 7.42. The maximum atomic E-state index is 3.26. The quantitative estimate of drug-likeness (QED) is 0.230. The van der Waals surface area contributed by atoms with Crippen LogP contribution in [-0.4, -0.2) is 4.98 Å². The summed E-state index contributed by atoms with van der Waals surface area (Å²) >= 11 is 0. The summed E-state index contributed by atoms with van der Waals surface area (Å²) < 4.78 is 2.42. The average molecular weight is 384 g/mol. The molecule has 1 aromatic carbocycles. The first-order valence-corrected chi connectivity index (χ1v) is 11.9. The van der Waals surface area contributed by atoms with Gasteiger partial charge < -0.3 is 0 Å². The van der Waals surface area contributed by atoms with Gasteiger partial charge in [0.1, 0.15) is 18.4 Å². The van der Waals surface area contributed by atoms with Crippen molar-refractivity contribution in [1.82, 2.24) is 4.98 Å². The third kappa shape index (κ3) is 8.63. The molecule has 1 N–H and O–H groups in total. The van der Waals surface area contributed by atoms with Gasteiger partial charge in [-0.3, -0.25) is 4.98 Å². The van der Waals surface area contributed by atoms with Gasteiger partial charge in [-0.1, -0.05) is 108 Å². The third-order valence-electron chi connectivity index (χ3n) is 6.10. The van der Waals surface area contributed by atoms with Crippen LogP contribution in [0.4, 0.5) is 0 Å². The van der Waals surface area contributed by atoms with Gasteiger partial charge in [0.05, 0.1) is 0 Å². The minimum absolute atomic E-state index is 0.602. The van der Waals surface area contributed by atoms with Crippen molar-refractivity contribution in [3.63, 3.8) is 0 Å². The van der Waals surface area contributed by atoms with Gasteiger partial charge in [-0.25, -0.2) is 4.57 Å². The van der Waals surface area contributed by atoms with Crippen LogP contribution in [0.5, 0.6) is 0 Å². The van der Waals surface area contributed by atoms with E-state index in [0.29, 0.717) is 12.0 Å². The fraction of sp³-hybridized carbons (Fsp3) is 0.654. The van der Waals surface area contributed by atoms with Crippen molar-refractivity contribution in [3.8, 4) is 0 Å². The normalized spacial score (nSPS) is 13.5. The van der Waals surface area contributed by atoms with Crippen molar-refractivity contribution < 1.29 is 4.57 Å². The molecule has 2 atom stereocenters. The zero-order valence-electron chi connectivity index (χ0n) is 18.4. The number of unbranched alkanes of at least 4 members (excludes halogenated alkanes) is 8. The Kier molecular flexibility index (Phi) is 11.7. The van der Waals surface area contributed by atoms with E-state index in [1.165, 1.54) is 89.0 Å². The lowest BCUT2D eigenvalue weighted by atomic mass is 9.85. The molecule has 2 aromatic rings. The number of rotatable bonds is 16. The number of hydrogen-bond donors (Lipinski definition) is 1. The van der Waals surface area contributed by atoms with Crippen molar-refractivity contribution in [2.45, 2.75) is 103 Å². The second-order valence-corrected chi connectivity index (χ2v) is 8.48. The molecule has 0 aliphatic rings. The summed E-state index contributed by atoms with van der Waals surface area (Å²) in [6.07, 6.45) is 24.1. The number of benzene rings is 1. The lowest BCUT2D eigenvalue weighted by Crippen LogP contribution is -2.42. The van der Waals surface area contributed by atoms with E-state index in [9.17, 15) is 0 Å². The topological polar surface area (TPSA) is 19.7 Å². The van der Waals surface area contributed by atoms with Crippen LogP contribution in [0.25, 0.3) is 0 Å². The summed E-state index contributed by atoms with van der Waals surface area (Å²) in [4.78, 5) is 3.26. The Morgan fingerprint density at radius 1 is 0.786 bits per heavy atom. The third-order valence-corrected chi connectivity index (χ3v) is 6.10. The molecule has 0 aliphatic heterocycles. The molecule has 2 rings (SSSR count). The van der Waals surface area contributed by atoms with Gasteiger partial charge >= 0.3 is 0 Å². The molecule has 0 bridgehead atoms. The number of nitrogens with one attached hydrogen (secondary N) is 1. The van der Waals surface area contributed by atoms with Gasteiger partial charge in [0, 0.05) is 5.92 Å². The first-order valence-electron chi connectivity index (χ1n) is 11.9. The molecule has 2 nitrogen and oxygen atoms in total. The van der Waals surface area contributed by atoms with Gasteiger partial charge in [-0.15, -0.1) is 0 Å². The van der Waals surface area contributed by atoms with Crippen molar-refractivity contribution in [2.75, 3.05) is 0 Å². The van der Waals surface area contributed by atoms with Crippen LogP contribution >= 0.6 is 0 Å². The number of hydrogen-bond acceptors (Lipinski definition) is 0. The molecule has 28 heavy (non-hydrogen) atoms. The van der Waals surface area contributed by atoms with Crippen LogP contribution in [0.3, 0.4) is 0 Å². The van der Waals surface area contributed by atoms with Gasteiger partial charge in [-0.05, 0) is 24.8 Å². The molecular formula is C26H43N2+. The summed E-state index contributed by atoms with van der Waals surface area (Å²) in [6, 6.07) is 11.7. The van der Waals surface area contributed by atoms with E-state index >= 15 is 0 Å². The van der Waals surface area contributed by atoms with E-state index in [1.807, 2.05) is 0 Å². The van der Waals surface area contributed by atoms with E-state index in [4.69, 9.17) is 0 Å². The van der Waals surface area contributed by atoms with Gasteiger partial charge in [0.2, 0.25) is 6.33 Å². The minimum Gasteiger partial charge on any atom is -0.250 e. The van der Waals surface area contributed by atoms with E-state index in [2.05, 4.69) is 72.5 Å². The van der Waals surface area contributed by atoms with Crippen LogP contribution in [0.15, 0.2) is 49.1 Å². The fourth-order valence-corrected chi connectivity index (χ4v) is 4.50. The Bertz CT molecular complexity index is 576. The molecule has 1 heterocycles. The Morgan fingerprint density at radius 3 is 2.07 bits per heavy atom. The van der Waals surface area contributed by atoms with Crippen molar-refractivity contribution in [1.29, 1.82) is 0 Å². The standard InChI is InChI=1S/C26H42N2/c1-3-5-6-7-8-9-10-11-15-19-25(22-24-17-13-12-14-18-24)26(16-4-2)28-21-20-27-23-28/h12-14,17-18,20-21,23,25-26H,3-11,15-16,19,22H2,1-2H3/p+1. The SMILES string of the molecule is CCCCCCCCCCCC(Cc1ccccc1)C(CCC)[n+]1cc[nH]c1. The molecule has 0 saturated carbocycles. The van der Waals surface area contributed by atoms with E-state index in [1.54, 1.807) is 0 Å². The summed E-state index contributed by atoms with van der Waals surface area (Å²) in [5.41, 5.74) is 1.49. The molecule has 0 fully saturated rings. The first kappa shape index (κ1) is 22.7. The summed E-state index contributed by atoms with van der Waals surface area (Å²) in [5, 5.41) is 0. The van der Waals surface area contributed by atoms with Crippen LogP contribution in [0.2, 0.25) is 0 Å². The zero-order valence-corrected chi connectivity index (χ0v) is 18.4. The van der Waals surface area contributed by atoms with E-state index in [0.717, 1.165) is 0 Å². The maximum Gasteiger partial charge on any atom is 0.241 e. The highest BCUT2D eigenvalue weighted by Gasteiger charge is 2.26. The molecular weight excluding hydrogens is 340 g/mol. The molecule has 2 unspecified atom stereocenters. The summed E-state index contributed by atoms with van der Waals surface area (Å²) in [5.74, 6) is 0.715. The monoisotopic (exact) mass is 383 g/mol. The number of H-pyrrole nitrogens is 1. The molecule has 0 amide bonds. The average Bonchev–Trinajstić information content (AvgIpc) is 3.25. The predicted molar refractivity (Wildman–Crippen MR) is 120 cm³/mol. The number of aromatic nitrogens is 2. The highest BCUT2D eigenvalue weighted by atomic mass is 15.1. The highest BCUT2D eigenvalue weighted by Crippen LogP contribution is 2.28. The lowest BCUT2D eigenvalue weighted by Gasteiger charge is -2.25. The number of imidazole rings is 1. The van der Waals surface area contributed by atoms with Crippen molar-refractivity contribution in [2.24, 2.45) is 5.92 Å². The molecule has 1 aromatic heterocycles.